The van der Waals surface area contributed by atoms with Crippen LogP contribution in [0.25, 0.3) is 0 Å². The molecule has 114 valence electrons. The van der Waals surface area contributed by atoms with Gasteiger partial charge in [0.2, 0.25) is 5.91 Å². The van der Waals surface area contributed by atoms with Gasteiger partial charge in [-0.25, -0.2) is 4.39 Å². The number of carbonyl (C=O) groups is 1. The maximum absolute atomic E-state index is 13.9. The second-order valence-electron chi connectivity index (χ2n) is 5.73. The molecule has 4 nitrogen and oxygen atoms in total. The number of ether oxygens (including phenoxy) is 1. The molecule has 0 aliphatic carbocycles. The van der Waals surface area contributed by atoms with Crippen LogP contribution in [-0.4, -0.2) is 29.6 Å². The zero-order chi connectivity index (χ0) is 16.0. The fourth-order valence-electron chi connectivity index (χ4n) is 1.70. The molecule has 0 aromatic heterocycles. The fourth-order valence-corrected chi connectivity index (χ4v) is 1.70. The van der Waals surface area contributed by atoms with E-state index in [0.717, 1.165) is 0 Å². The van der Waals surface area contributed by atoms with Gasteiger partial charge in [0.05, 0.1) is 17.2 Å². The SMILES string of the molecule is CCN(Cc1ccc(C#N)cc1F)C(=O)COC(C)(C)C. The van der Waals surface area contributed by atoms with Gasteiger partial charge in [0.15, 0.2) is 0 Å². The van der Waals surface area contributed by atoms with Crippen LogP contribution in [0.4, 0.5) is 4.39 Å². The Labute approximate surface area is 125 Å². The topological polar surface area (TPSA) is 53.3 Å². The van der Waals surface area contributed by atoms with Crippen LogP contribution >= 0.6 is 0 Å². The lowest BCUT2D eigenvalue weighted by molar-refractivity contribution is -0.141. The minimum Gasteiger partial charge on any atom is -0.366 e. The van der Waals surface area contributed by atoms with Gasteiger partial charge in [-0.1, -0.05) is 6.07 Å². The molecular formula is C16H21FN2O2. The van der Waals surface area contributed by atoms with E-state index in [1.54, 1.807) is 6.07 Å². The summed E-state index contributed by atoms with van der Waals surface area (Å²) < 4.78 is 19.3. The first kappa shape index (κ1) is 17.1. The maximum Gasteiger partial charge on any atom is 0.248 e. The van der Waals surface area contributed by atoms with Gasteiger partial charge in [-0.2, -0.15) is 5.26 Å². The number of hydrogen-bond donors (Lipinski definition) is 0. The number of nitrogens with zero attached hydrogens (tertiary/aromatic N) is 2. The Bertz CT molecular complexity index is 544. The number of benzene rings is 1. The lowest BCUT2D eigenvalue weighted by Crippen LogP contribution is -2.36. The van der Waals surface area contributed by atoms with Crippen LogP contribution in [0.15, 0.2) is 18.2 Å². The van der Waals surface area contributed by atoms with Crippen molar-refractivity contribution in [2.75, 3.05) is 13.2 Å². The highest BCUT2D eigenvalue weighted by Crippen LogP contribution is 2.13. The summed E-state index contributed by atoms with van der Waals surface area (Å²) in [6, 6.07) is 6.14. The van der Waals surface area contributed by atoms with E-state index in [9.17, 15) is 9.18 Å². The molecule has 21 heavy (non-hydrogen) atoms. The van der Waals surface area contributed by atoms with Gasteiger partial charge >= 0.3 is 0 Å². The summed E-state index contributed by atoms with van der Waals surface area (Å²) in [6.07, 6.45) is 0. The first-order valence-electron chi connectivity index (χ1n) is 6.87. The lowest BCUT2D eigenvalue weighted by atomic mass is 10.1. The predicted octanol–water partition coefficient (Wildman–Crippen LogP) is 2.86. The Balaban J connectivity index is 2.74. The average Bonchev–Trinajstić information content (AvgIpc) is 2.42. The molecule has 0 saturated carbocycles. The zero-order valence-corrected chi connectivity index (χ0v) is 12.9. The lowest BCUT2D eigenvalue weighted by Gasteiger charge is -2.24. The van der Waals surface area contributed by atoms with Crippen LogP contribution in [-0.2, 0) is 16.1 Å². The van der Waals surface area contributed by atoms with Gasteiger partial charge in [-0.15, -0.1) is 0 Å². The van der Waals surface area contributed by atoms with E-state index in [0.29, 0.717) is 12.1 Å². The second-order valence-corrected chi connectivity index (χ2v) is 5.73. The largest absolute Gasteiger partial charge is 0.366 e. The average molecular weight is 292 g/mol. The smallest absolute Gasteiger partial charge is 0.248 e. The maximum atomic E-state index is 13.9. The number of nitriles is 1. The standard InChI is InChI=1S/C16H21FN2O2/c1-5-19(15(20)11-21-16(2,3)4)10-13-7-6-12(9-18)8-14(13)17/h6-8H,5,10-11H2,1-4H3. The minimum atomic E-state index is -0.475. The molecule has 0 spiro atoms. The normalized spacial score (nSPS) is 11.0. The molecule has 0 aliphatic heterocycles. The van der Waals surface area contributed by atoms with Crippen LogP contribution < -0.4 is 0 Å². The van der Waals surface area contributed by atoms with Gasteiger partial charge in [0.1, 0.15) is 12.4 Å². The highest BCUT2D eigenvalue weighted by molar-refractivity contribution is 5.77. The van der Waals surface area contributed by atoms with E-state index in [-0.39, 0.29) is 24.6 Å². The highest BCUT2D eigenvalue weighted by atomic mass is 19.1. The van der Waals surface area contributed by atoms with E-state index >= 15 is 0 Å². The summed E-state index contributed by atoms with van der Waals surface area (Å²) in [5, 5.41) is 8.72. The third-order valence-electron chi connectivity index (χ3n) is 2.91. The first-order chi connectivity index (χ1) is 9.76. The fraction of sp³-hybridized carbons (Fsp3) is 0.500. The summed E-state index contributed by atoms with van der Waals surface area (Å²) >= 11 is 0. The number of rotatable bonds is 5. The molecule has 0 unspecified atom stereocenters. The van der Waals surface area contributed by atoms with Crippen molar-refractivity contribution in [2.24, 2.45) is 0 Å². The summed E-state index contributed by atoms with van der Waals surface area (Å²) in [7, 11) is 0. The van der Waals surface area contributed by atoms with E-state index in [4.69, 9.17) is 10.00 Å². The highest BCUT2D eigenvalue weighted by Gasteiger charge is 2.18. The molecule has 1 aromatic rings. The summed E-state index contributed by atoms with van der Waals surface area (Å²) in [5.74, 6) is -0.659. The van der Waals surface area contributed by atoms with E-state index in [1.165, 1.54) is 17.0 Å². The molecule has 0 N–H and O–H groups in total. The number of likely N-dealkylation sites (N-methyl/N-ethyl adjacent to an activating group) is 1. The molecule has 0 atom stereocenters. The Kier molecular flexibility index (Phi) is 5.86. The van der Waals surface area contributed by atoms with Crippen LogP contribution in [0.5, 0.6) is 0 Å². The molecule has 1 amide bonds. The Hall–Kier alpha value is -1.93. The molecule has 1 aromatic carbocycles. The number of halogens is 1. The molecule has 5 heteroatoms. The first-order valence-corrected chi connectivity index (χ1v) is 6.87. The van der Waals surface area contributed by atoms with Crippen molar-refractivity contribution in [3.8, 4) is 6.07 Å². The van der Waals surface area contributed by atoms with Crippen molar-refractivity contribution in [3.63, 3.8) is 0 Å². The van der Waals surface area contributed by atoms with E-state index in [1.807, 2.05) is 33.8 Å². The summed E-state index contributed by atoms with van der Waals surface area (Å²) in [4.78, 5) is 13.6. The van der Waals surface area contributed by atoms with Gasteiger partial charge in [-0.3, -0.25) is 4.79 Å². The van der Waals surface area contributed by atoms with Crippen molar-refractivity contribution in [1.29, 1.82) is 5.26 Å². The number of hydrogen-bond acceptors (Lipinski definition) is 3. The minimum absolute atomic E-state index is 0.0325. The van der Waals surface area contributed by atoms with Crippen molar-refractivity contribution in [2.45, 2.75) is 39.8 Å². The van der Waals surface area contributed by atoms with Crippen LogP contribution in [0, 0.1) is 17.1 Å². The second kappa shape index (κ2) is 7.19. The Morgan fingerprint density at radius 1 is 1.43 bits per heavy atom. The molecule has 1 rings (SSSR count). The van der Waals surface area contributed by atoms with Crippen LogP contribution in [0.2, 0.25) is 0 Å². The van der Waals surface area contributed by atoms with E-state index < -0.39 is 11.4 Å². The monoisotopic (exact) mass is 292 g/mol. The molecule has 0 radical (unpaired) electrons. The van der Waals surface area contributed by atoms with Crippen molar-refractivity contribution < 1.29 is 13.9 Å². The van der Waals surface area contributed by atoms with Crippen molar-refractivity contribution >= 4 is 5.91 Å². The molecule has 0 bridgehead atoms. The van der Waals surface area contributed by atoms with Gasteiger partial charge < -0.3 is 9.64 Å². The molecule has 0 aliphatic rings. The Morgan fingerprint density at radius 3 is 2.57 bits per heavy atom. The van der Waals surface area contributed by atoms with Crippen LogP contribution in [0.3, 0.4) is 0 Å². The predicted molar refractivity (Wildman–Crippen MR) is 77.9 cm³/mol. The van der Waals surface area contributed by atoms with Gasteiger partial charge in [0, 0.05) is 18.7 Å². The summed E-state index contributed by atoms with van der Waals surface area (Å²) in [6.45, 7) is 8.04. The molecule has 0 heterocycles. The third kappa shape index (κ3) is 5.52. The molecule has 0 saturated heterocycles. The quantitative estimate of drug-likeness (QED) is 0.838. The number of amides is 1. The van der Waals surface area contributed by atoms with E-state index in [2.05, 4.69) is 0 Å². The number of carbonyl (C=O) groups excluding carboxylic acids is 1. The van der Waals surface area contributed by atoms with Crippen LogP contribution in [0.1, 0.15) is 38.8 Å². The molecular weight excluding hydrogens is 271 g/mol. The molecule has 0 fully saturated rings. The third-order valence-corrected chi connectivity index (χ3v) is 2.91. The van der Waals surface area contributed by atoms with Crippen molar-refractivity contribution in [3.05, 3.63) is 35.1 Å². The van der Waals surface area contributed by atoms with Gasteiger partial charge in [0.25, 0.3) is 0 Å². The Morgan fingerprint density at radius 2 is 2.10 bits per heavy atom. The summed E-state index contributed by atoms with van der Waals surface area (Å²) in [5.41, 5.74) is 0.260. The zero-order valence-electron chi connectivity index (χ0n) is 12.9. The van der Waals surface area contributed by atoms with Gasteiger partial charge in [-0.05, 0) is 39.8 Å². The van der Waals surface area contributed by atoms with Crippen molar-refractivity contribution in [1.82, 2.24) is 4.90 Å².